The highest BCUT2D eigenvalue weighted by molar-refractivity contribution is 5.99. The molecule has 35 heavy (non-hydrogen) atoms. The highest BCUT2D eigenvalue weighted by Gasteiger charge is 2.35. The minimum absolute atomic E-state index is 0.0412. The molecule has 2 atom stereocenters. The van der Waals surface area contributed by atoms with Gasteiger partial charge in [0.1, 0.15) is 6.04 Å². The summed E-state index contributed by atoms with van der Waals surface area (Å²) >= 11 is 0. The van der Waals surface area contributed by atoms with Gasteiger partial charge in [0.15, 0.2) is 0 Å². The largest absolute Gasteiger partial charge is 0.387 e. The number of carbonyl (C=O) groups is 2. The summed E-state index contributed by atoms with van der Waals surface area (Å²) in [5, 5.41) is 13.2. The minimum atomic E-state index is -0.843. The first-order chi connectivity index (χ1) is 17.0. The summed E-state index contributed by atoms with van der Waals surface area (Å²) in [5.41, 5.74) is 7.80. The summed E-state index contributed by atoms with van der Waals surface area (Å²) in [5.74, 6) is -0.646. The van der Waals surface area contributed by atoms with Crippen LogP contribution in [0.15, 0.2) is 90.8 Å². The number of benzene rings is 3. The highest BCUT2D eigenvalue weighted by atomic mass is 16.6. The van der Waals surface area contributed by atoms with Crippen LogP contribution < -0.4 is 10.8 Å². The fourth-order valence-electron chi connectivity index (χ4n) is 4.18. The van der Waals surface area contributed by atoms with Crippen LogP contribution in [0.25, 0.3) is 11.1 Å². The summed E-state index contributed by atoms with van der Waals surface area (Å²) < 4.78 is 0. The Hall–Kier alpha value is -3.94. The van der Waals surface area contributed by atoms with Gasteiger partial charge in [0, 0.05) is 24.7 Å². The maximum atomic E-state index is 13.4. The zero-order valence-electron chi connectivity index (χ0n) is 19.8. The lowest BCUT2D eigenvalue weighted by atomic mass is 9.99. The van der Waals surface area contributed by atoms with Crippen molar-refractivity contribution in [2.24, 2.45) is 0 Å². The fraction of sp³-hybridized carbons (Fsp3) is 0.214. The van der Waals surface area contributed by atoms with Gasteiger partial charge in [0.05, 0.1) is 18.9 Å². The Kier molecular flexibility index (Phi) is 7.60. The van der Waals surface area contributed by atoms with Gasteiger partial charge in [-0.15, -0.1) is 0 Å². The zero-order chi connectivity index (χ0) is 24.8. The van der Waals surface area contributed by atoms with E-state index in [-0.39, 0.29) is 24.8 Å². The molecule has 2 amide bonds. The van der Waals surface area contributed by atoms with E-state index in [0.29, 0.717) is 16.8 Å². The van der Waals surface area contributed by atoms with Crippen molar-refractivity contribution in [1.29, 1.82) is 0 Å². The van der Waals surface area contributed by atoms with Crippen molar-refractivity contribution in [3.63, 3.8) is 0 Å². The van der Waals surface area contributed by atoms with E-state index in [1.165, 1.54) is 12.0 Å². The monoisotopic (exact) mass is 471 g/mol. The first kappa shape index (κ1) is 24.2. The lowest BCUT2D eigenvalue weighted by Gasteiger charge is -2.23. The zero-order valence-corrected chi connectivity index (χ0v) is 19.8. The SMILES string of the molecule is CONC1=CN(C(=O)c2ccc(-c3ccccc3C)cc2)[C@H](C(=O)NC[C@@H](O)c2ccccc2)C1. The number of amides is 2. The molecule has 0 aliphatic carbocycles. The summed E-state index contributed by atoms with van der Waals surface area (Å²) in [6.07, 6.45) is 1.02. The van der Waals surface area contributed by atoms with Gasteiger partial charge in [0.25, 0.3) is 5.91 Å². The maximum absolute atomic E-state index is 13.4. The van der Waals surface area contributed by atoms with E-state index in [1.54, 1.807) is 30.5 Å². The maximum Gasteiger partial charge on any atom is 0.258 e. The van der Waals surface area contributed by atoms with E-state index in [0.717, 1.165) is 16.7 Å². The van der Waals surface area contributed by atoms with Crippen LogP contribution in [0.5, 0.6) is 0 Å². The molecule has 0 radical (unpaired) electrons. The topological polar surface area (TPSA) is 90.9 Å². The molecule has 1 aliphatic rings. The van der Waals surface area contributed by atoms with Crippen LogP contribution in [0.4, 0.5) is 0 Å². The lowest BCUT2D eigenvalue weighted by molar-refractivity contribution is -0.125. The molecule has 3 N–H and O–H groups in total. The molecule has 0 saturated carbocycles. The van der Waals surface area contributed by atoms with Gasteiger partial charge in [0.2, 0.25) is 5.91 Å². The van der Waals surface area contributed by atoms with Crippen LogP contribution in [-0.2, 0) is 9.63 Å². The molecule has 7 nitrogen and oxygen atoms in total. The van der Waals surface area contributed by atoms with Gasteiger partial charge >= 0.3 is 0 Å². The van der Waals surface area contributed by atoms with Gasteiger partial charge in [-0.05, 0) is 41.3 Å². The Bertz CT molecular complexity index is 1210. The summed E-state index contributed by atoms with van der Waals surface area (Å²) in [6.45, 7) is 2.09. The van der Waals surface area contributed by atoms with Crippen LogP contribution in [0.2, 0.25) is 0 Å². The predicted octanol–water partition coefficient (Wildman–Crippen LogP) is 3.72. The Labute approximate surface area is 205 Å². The molecule has 1 aliphatic heterocycles. The number of hydrogen-bond acceptors (Lipinski definition) is 5. The van der Waals surface area contributed by atoms with Gasteiger partial charge in [-0.3, -0.25) is 19.9 Å². The number of carbonyl (C=O) groups excluding carboxylic acids is 2. The number of rotatable bonds is 8. The molecule has 1 heterocycles. The standard InChI is InChI=1S/C28H29N3O4/c1-19-8-6-7-11-24(19)20-12-14-22(15-13-20)28(34)31-18-23(30-35-2)16-25(31)27(33)29-17-26(32)21-9-4-3-5-10-21/h3-15,18,25-26,30,32H,16-17H2,1-2H3,(H,29,33)/t25-,26+/m0/s1. The quantitative estimate of drug-likeness (QED) is 0.436. The summed E-state index contributed by atoms with van der Waals surface area (Å²) in [6, 6.07) is 23.8. The summed E-state index contributed by atoms with van der Waals surface area (Å²) in [7, 11) is 1.47. The van der Waals surface area contributed by atoms with E-state index < -0.39 is 12.1 Å². The second-order valence-electron chi connectivity index (χ2n) is 8.46. The van der Waals surface area contributed by atoms with Crippen LogP contribution >= 0.6 is 0 Å². The molecule has 0 bridgehead atoms. The van der Waals surface area contributed by atoms with E-state index in [2.05, 4.69) is 10.8 Å². The Morgan fingerprint density at radius 3 is 2.40 bits per heavy atom. The van der Waals surface area contributed by atoms with Crippen molar-refractivity contribution in [3.8, 4) is 11.1 Å². The van der Waals surface area contributed by atoms with Crippen molar-refractivity contribution in [1.82, 2.24) is 15.7 Å². The first-order valence-corrected chi connectivity index (χ1v) is 11.5. The average molecular weight is 472 g/mol. The van der Waals surface area contributed by atoms with Gasteiger partial charge in [-0.25, -0.2) is 0 Å². The minimum Gasteiger partial charge on any atom is -0.387 e. The number of aryl methyl sites for hydroxylation is 1. The number of nitrogens with zero attached hydrogens (tertiary/aromatic N) is 1. The Morgan fingerprint density at radius 2 is 1.71 bits per heavy atom. The van der Waals surface area contributed by atoms with Gasteiger partial charge in [-0.2, -0.15) is 0 Å². The second kappa shape index (κ2) is 11.0. The van der Waals surface area contributed by atoms with Crippen LogP contribution in [0.1, 0.15) is 34.0 Å². The van der Waals surface area contributed by atoms with Gasteiger partial charge < -0.3 is 15.3 Å². The molecule has 180 valence electrons. The number of nitrogens with one attached hydrogen (secondary N) is 2. The van der Waals surface area contributed by atoms with Crippen molar-refractivity contribution in [3.05, 3.63) is 107 Å². The number of hydrogen-bond donors (Lipinski definition) is 3. The molecule has 0 unspecified atom stereocenters. The van der Waals surface area contributed by atoms with Crippen LogP contribution in [0, 0.1) is 6.92 Å². The molecule has 0 fully saturated rings. The fourth-order valence-corrected chi connectivity index (χ4v) is 4.18. The van der Waals surface area contributed by atoms with E-state index in [4.69, 9.17) is 4.84 Å². The van der Waals surface area contributed by atoms with E-state index >= 15 is 0 Å². The predicted molar refractivity (Wildman–Crippen MR) is 134 cm³/mol. The molecular formula is C28H29N3O4. The van der Waals surface area contributed by atoms with Crippen molar-refractivity contribution < 1.29 is 19.5 Å². The van der Waals surface area contributed by atoms with E-state index in [9.17, 15) is 14.7 Å². The normalized spacial score (nSPS) is 15.9. The average Bonchev–Trinajstić information content (AvgIpc) is 3.32. The lowest BCUT2D eigenvalue weighted by Crippen LogP contribution is -2.45. The Morgan fingerprint density at radius 1 is 1.03 bits per heavy atom. The highest BCUT2D eigenvalue weighted by Crippen LogP contribution is 2.26. The molecule has 0 spiro atoms. The third-order valence-corrected chi connectivity index (χ3v) is 6.06. The van der Waals surface area contributed by atoms with Crippen molar-refractivity contribution >= 4 is 11.8 Å². The molecular weight excluding hydrogens is 442 g/mol. The van der Waals surface area contributed by atoms with E-state index in [1.807, 2.05) is 61.5 Å². The molecule has 3 aromatic carbocycles. The van der Waals surface area contributed by atoms with Gasteiger partial charge in [-0.1, -0.05) is 66.7 Å². The van der Waals surface area contributed by atoms with Crippen molar-refractivity contribution in [2.75, 3.05) is 13.7 Å². The third kappa shape index (κ3) is 5.59. The second-order valence-corrected chi connectivity index (χ2v) is 8.46. The van der Waals surface area contributed by atoms with Crippen LogP contribution in [0.3, 0.4) is 0 Å². The Balaban J connectivity index is 1.48. The molecule has 0 saturated heterocycles. The number of aliphatic hydroxyl groups is 1. The number of aliphatic hydroxyl groups excluding tert-OH is 1. The molecule has 7 heteroatoms. The van der Waals surface area contributed by atoms with Crippen LogP contribution in [-0.4, -0.2) is 41.5 Å². The van der Waals surface area contributed by atoms with Crippen molar-refractivity contribution in [2.45, 2.75) is 25.5 Å². The summed E-state index contributed by atoms with van der Waals surface area (Å²) in [4.78, 5) is 32.8. The first-order valence-electron chi connectivity index (χ1n) is 11.5. The smallest absolute Gasteiger partial charge is 0.258 e. The molecule has 0 aromatic heterocycles. The molecule has 3 aromatic rings. The molecule has 4 rings (SSSR count). The number of hydroxylamine groups is 1. The third-order valence-electron chi connectivity index (χ3n) is 6.06.